The summed E-state index contributed by atoms with van der Waals surface area (Å²) >= 11 is 1.64. The molecule has 0 aliphatic carbocycles. The average molecular weight is 226 g/mol. The summed E-state index contributed by atoms with van der Waals surface area (Å²) in [5.41, 5.74) is 6.47. The maximum absolute atomic E-state index is 10.8. The molecule has 0 saturated carbocycles. The first-order chi connectivity index (χ1) is 7.22. The zero-order valence-electron chi connectivity index (χ0n) is 8.60. The van der Waals surface area contributed by atoms with Crippen LogP contribution >= 0.6 is 11.8 Å². The van der Waals surface area contributed by atoms with Crippen molar-refractivity contribution >= 4 is 23.5 Å². The summed E-state index contributed by atoms with van der Waals surface area (Å²) in [4.78, 5) is 15.0. The van der Waals surface area contributed by atoms with E-state index in [1.54, 1.807) is 17.8 Å². The maximum atomic E-state index is 10.8. The second kappa shape index (κ2) is 6.29. The second-order valence-electron chi connectivity index (χ2n) is 2.93. The van der Waals surface area contributed by atoms with Crippen molar-refractivity contribution in [1.29, 1.82) is 0 Å². The smallest absolute Gasteiger partial charge is 0.306 e. The topological polar surface area (TPSA) is 65.2 Å². The van der Waals surface area contributed by atoms with Crippen LogP contribution in [0.15, 0.2) is 18.2 Å². The van der Waals surface area contributed by atoms with Crippen LogP contribution in [0, 0.1) is 0 Å². The first kappa shape index (κ1) is 11.8. The van der Waals surface area contributed by atoms with E-state index in [0.29, 0.717) is 12.2 Å². The molecule has 15 heavy (non-hydrogen) atoms. The summed E-state index contributed by atoms with van der Waals surface area (Å²) in [6.45, 7) is 0. The molecule has 1 rings (SSSR count). The molecule has 0 bridgehead atoms. The third-order valence-electron chi connectivity index (χ3n) is 1.76. The second-order valence-corrected chi connectivity index (χ2v) is 4.04. The van der Waals surface area contributed by atoms with E-state index in [2.05, 4.69) is 9.72 Å². The number of nitrogens with zero attached hydrogens (tertiary/aromatic N) is 1. The number of hydrogen-bond donors (Lipinski definition) is 1. The predicted octanol–water partition coefficient (Wildman–Crippen LogP) is 1.46. The maximum Gasteiger partial charge on any atom is 0.306 e. The van der Waals surface area contributed by atoms with Crippen LogP contribution in [0.1, 0.15) is 12.1 Å². The molecule has 1 aromatic heterocycles. The molecule has 0 radical (unpaired) electrons. The van der Waals surface area contributed by atoms with Gasteiger partial charge in [0.15, 0.2) is 0 Å². The number of ether oxygens (including phenoxy) is 1. The van der Waals surface area contributed by atoms with Crippen LogP contribution in [0.3, 0.4) is 0 Å². The Hall–Kier alpha value is -1.23. The van der Waals surface area contributed by atoms with Gasteiger partial charge < -0.3 is 10.5 Å². The number of methoxy groups -OCH3 is 1. The number of carbonyl (C=O) groups excluding carboxylic acids is 1. The Balaban J connectivity index is 2.23. The van der Waals surface area contributed by atoms with Crippen LogP contribution in [-0.4, -0.2) is 23.8 Å². The molecule has 4 nitrogen and oxygen atoms in total. The van der Waals surface area contributed by atoms with Crippen molar-refractivity contribution < 1.29 is 9.53 Å². The lowest BCUT2D eigenvalue weighted by molar-refractivity contribution is -0.140. The highest BCUT2D eigenvalue weighted by Crippen LogP contribution is 2.12. The van der Waals surface area contributed by atoms with Gasteiger partial charge in [-0.2, -0.15) is 11.8 Å². The number of esters is 1. The van der Waals surface area contributed by atoms with Gasteiger partial charge in [0.05, 0.1) is 19.2 Å². The lowest BCUT2D eigenvalue weighted by Gasteiger charge is -2.01. The van der Waals surface area contributed by atoms with Crippen molar-refractivity contribution in [1.82, 2.24) is 4.98 Å². The molecule has 0 aliphatic rings. The summed E-state index contributed by atoms with van der Waals surface area (Å²) < 4.78 is 4.53. The molecule has 0 amide bonds. The monoisotopic (exact) mass is 226 g/mol. The minimum Gasteiger partial charge on any atom is -0.469 e. The molecular formula is C10H14N2O2S. The summed E-state index contributed by atoms with van der Waals surface area (Å²) in [6, 6.07) is 5.54. The molecule has 0 unspecified atom stereocenters. The highest BCUT2D eigenvalue weighted by molar-refractivity contribution is 7.98. The normalized spacial score (nSPS) is 9.93. The Labute approximate surface area is 93.2 Å². The molecular weight excluding hydrogens is 212 g/mol. The van der Waals surface area contributed by atoms with Gasteiger partial charge in [0.25, 0.3) is 0 Å². The van der Waals surface area contributed by atoms with Crippen LogP contribution in [0.2, 0.25) is 0 Å². The fourth-order valence-electron chi connectivity index (χ4n) is 1.01. The molecule has 82 valence electrons. The van der Waals surface area contributed by atoms with E-state index >= 15 is 0 Å². The summed E-state index contributed by atoms with van der Waals surface area (Å²) in [5, 5.41) is 0. The SMILES string of the molecule is COC(=O)CCSCc1cccc(N)n1. The van der Waals surface area contributed by atoms with E-state index in [1.807, 2.05) is 12.1 Å². The van der Waals surface area contributed by atoms with E-state index in [0.717, 1.165) is 17.2 Å². The zero-order valence-corrected chi connectivity index (χ0v) is 9.42. The minimum absolute atomic E-state index is 0.178. The number of rotatable bonds is 5. The number of nitrogen functional groups attached to an aromatic ring is 1. The van der Waals surface area contributed by atoms with Crippen molar-refractivity contribution in [2.75, 3.05) is 18.6 Å². The van der Waals surface area contributed by atoms with Gasteiger partial charge in [-0.1, -0.05) is 6.07 Å². The molecule has 2 N–H and O–H groups in total. The summed E-state index contributed by atoms with van der Waals surface area (Å²) in [6.07, 6.45) is 0.434. The van der Waals surface area contributed by atoms with Gasteiger partial charge in [-0.25, -0.2) is 4.98 Å². The van der Waals surface area contributed by atoms with Crippen LogP contribution in [-0.2, 0) is 15.3 Å². The van der Waals surface area contributed by atoms with E-state index in [9.17, 15) is 4.79 Å². The van der Waals surface area contributed by atoms with Gasteiger partial charge in [0.1, 0.15) is 5.82 Å². The number of carbonyl (C=O) groups is 1. The Bertz CT molecular complexity index is 331. The molecule has 0 aliphatic heterocycles. The van der Waals surface area contributed by atoms with Gasteiger partial charge in [0.2, 0.25) is 0 Å². The zero-order chi connectivity index (χ0) is 11.1. The fourth-order valence-corrected chi connectivity index (χ4v) is 1.84. The van der Waals surface area contributed by atoms with E-state index < -0.39 is 0 Å². The van der Waals surface area contributed by atoms with Crippen LogP contribution in [0.4, 0.5) is 5.82 Å². The fraction of sp³-hybridized carbons (Fsp3) is 0.400. The standard InChI is InChI=1S/C10H14N2O2S/c1-14-10(13)5-6-15-7-8-3-2-4-9(11)12-8/h2-4H,5-7H2,1H3,(H2,11,12). The Kier molecular flexibility index (Phi) is 4.97. The molecule has 0 fully saturated rings. The lowest BCUT2D eigenvalue weighted by atomic mass is 10.4. The third kappa shape index (κ3) is 4.69. The average Bonchev–Trinajstić information content (AvgIpc) is 2.24. The molecule has 5 heteroatoms. The van der Waals surface area contributed by atoms with Crippen LogP contribution in [0.25, 0.3) is 0 Å². The first-order valence-electron chi connectivity index (χ1n) is 4.58. The van der Waals surface area contributed by atoms with Gasteiger partial charge in [-0.05, 0) is 12.1 Å². The summed E-state index contributed by atoms with van der Waals surface area (Å²) in [5.74, 6) is 1.86. The van der Waals surface area contributed by atoms with E-state index in [1.165, 1.54) is 7.11 Å². The van der Waals surface area contributed by atoms with Crippen molar-refractivity contribution in [3.05, 3.63) is 23.9 Å². The number of nitrogens with two attached hydrogens (primary N) is 1. The molecule has 1 aromatic rings. The van der Waals surface area contributed by atoms with E-state index in [4.69, 9.17) is 5.73 Å². The quantitative estimate of drug-likeness (QED) is 0.608. The van der Waals surface area contributed by atoms with Gasteiger partial charge >= 0.3 is 5.97 Å². The third-order valence-corrected chi connectivity index (χ3v) is 2.75. The molecule has 0 aromatic carbocycles. The van der Waals surface area contributed by atoms with E-state index in [-0.39, 0.29) is 5.97 Å². The van der Waals surface area contributed by atoms with Crippen molar-refractivity contribution in [3.63, 3.8) is 0 Å². The number of anilines is 1. The molecule has 0 atom stereocenters. The van der Waals surface area contributed by atoms with Gasteiger partial charge in [-0.3, -0.25) is 4.79 Å². The van der Waals surface area contributed by atoms with Crippen molar-refractivity contribution in [2.45, 2.75) is 12.2 Å². The molecule has 0 saturated heterocycles. The molecule has 1 heterocycles. The Morgan fingerprint density at radius 1 is 1.60 bits per heavy atom. The molecule has 0 spiro atoms. The Morgan fingerprint density at radius 2 is 2.40 bits per heavy atom. The minimum atomic E-state index is -0.178. The highest BCUT2D eigenvalue weighted by atomic mass is 32.2. The van der Waals surface area contributed by atoms with Crippen LogP contribution < -0.4 is 5.73 Å². The lowest BCUT2D eigenvalue weighted by Crippen LogP contribution is -2.01. The highest BCUT2D eigenvalue weighted by Gasteiger charge is 2.00. The van der Waals surface area contributed by atoms with Crippen LogP contribution in [0.5, 0.6) is 0 Å². The Morgan fingerprint density at radius 3 is 3.07 bits per heavy atom. The van der Waals surface area contributed by atoms with Gasteiger partial charge in [0, 0.05) is 11.5 Å². The van der Waals surface area contributed by atoms with Gasteiger partial charge in [-0.15, -0.1) is 0 Å². The predicted molar refractivity (Wildman–Crippen MR) is 61.4 cm³/mol. The van der Waals surface area contributed by atoms with Crippen molar-refractivity contribution in [3.8, 4) is 0 Å². The number of hydrogen-bond acceptors (Lipinski definition) is 5. The first-order valence-corrected chi connectivity index (χ1v) is 5.74. The number of thioether (sulfide) groups is 1. The summed E-state index contributed by atoms with van der Waals surface area (Å²) in [7, 11) is 1.40. The number of pyridine rings is 1. The largest absolute Gasteiger partial charge is 0.469 e. The number of aromatic nitrogens is 1. The van der Waals surface area contributed by atoms with Crippen molar-refractivity contribution in [2.24, 2.45) is 0 Å².